The highest BCUT2D eigenvalue weighted by Crippen LogP contribution is 2.22. The summed E-state index contributed by atoms with van der Waals surface area (Å²) in [4.78, 5) is 0. The van der Waals surface area contributed by atoms with E-state index < -0.39 is 0 Å². The van der Waals surface area contributed by atoms with Crippen LogP contribution in [0.5, 0.6) is 0 Å². The van der Waals surface area contributed by atoms with Gasteiger partial charge in [-0.05, 0) is 29.2 Å². The van der Waals surface area contributed by atoms with Crippen LogP contribution in [0.25, 0.3) is 10.8 Å². The minimum atomic E-state index is -0.0833. The van der Waals surface area contributed by atoms with Crippen molar-refractivity contribution in [1.29, 1.82) is 0 Å². The van der Waals surface area contributed by atoms with E-state index in [-0.39, 0.29) is 6.10 Å². The Morgan fingerprint density at radius 3 is 2.65 bits per heavy atom. The lowest BCUT2D eigenvalue weighted by atomic mass is 9.89. The van der Waals surface area contributed by atoms with Crippen LogP contribution < -0.4 is 5.32 Å². The topological polar surface area (TPSA) is 32.3 Å². The molecule has 1 saturated carbocycles. The van der Waals surface area contributed by atoms with E-state index in [0.29, 0.717) is 6.04 Å². The minimum Gasteiger partial charge on any atom is -0.393 e. The zero-order valence-corrected chi connectivity index (χ0v) is 9.76. The first-order chi connectivity index (χ1) is 8.33. The number of rotatable bonds is 3. The quantitative estimate of drug-likeness (QED) is 0.844. The van der Waals surface area contributed by atoms with Crippen molar-refractivity contribution >= 4 is 10.8 Å². The summed E-state index contributed by atoms with van der Waals surface area (Å²) in [6, 6.07) is 15.4. The van der Waals surface area contributed by atoms with Crippen molar-refractivity contribution in [1.82, 2.24) is 5.32 Å². The Kier molecular flexibility index (Phi) is 2.83. The molecule has 0 aliphatic heterocycles. The molecule has 2 heteroatoms. The van der Waals surface area contributed by atoms with Crippen molar-refractivity contribution < 1.29 is 5.11 Å². The number of nitrogens with one attached hydrogen (secondary N) is 1. The van der Waals surface area contributed by atoms with Crippen molar-refractivity contribution in [3.63, 3.8) is 0 Å². The Bertz CT molecular complexity index is 512. The Balaban J connectivity index is 1.76. The standard InChI is InChI=1S/C15H17NO/c17-14-8-13(9-14)16-10-12-6-3-5-11-4-1-2-7-15(11)12/h1-7,13-14,16-17H,8-10H2. The molecule has 0 spiro atoms. The van der Waals surface area contributed by atoms with Crippen molar-refractivity contribution in [2.24, 2.45) is 0 Å². The molecule has 2 nitrogen and oxygen atoms in total. The van der Waals surface area contributed by atoms with E-state index in [2.05, 4.69) is 47.8 Å². The van der Waals surface area contributed by atoms with Gasteiger partial charge in [0.1, 0.15) is 0 Å². The fourth-order valence-corrected chi connectivity index (χ4v) is 2.46. The number of hydrogen-bond donors (Lipinski definition) is 2. The van der Waals surface area contributed by atoms with Gasteiger partial charge in [-0.15, -0.1) is 0 Å². The average molecular weight is 227 g/mol. The molecule has 0 atom stereocenters. The van der Waals surface area contributed by atoms with Crippen LogP contribution >= 0.6 is 0 Å². The van der Waals surface area contributed by atoms with E-state index in [1.165, 1.54) is 16.3 Å². The molecule has 1 aliphatic carbocycles. The summed E-state index contributed by atoms with van der Waals surface area (Å²) in [5.74, 6) is 0. The molecule has 3 rings (SSSR count). The van der Waals surface area contributed by atoms with E-state index in [9.17, 15) is 5.11 Å². The lowest BCUT2D eigenvalue weighted by molar-refractivity contribution is 0.0620. The molecular weight excluding hydrogens is 210 g/mol. The first-order valence-corrected chi connectivity index (χ1v) is 6.21. The summed E-state index contributed by atoms with van der Waals surface area (Å²) >= 11 is 0. The van der Waals surface area contributed by atoms with Gasteiger partial charge in [0.15, 0.2) is 0 Å². The number of benzene rings is 2. The fourth-order valence-electron chi connectivity index (χ4n) is 2.46. The van der Waals surface area contributed by atoms with Crippen LogP contribution in [-0.2, 0) is 6.54 Å². The summed E-state index contributed by atoms with van der Waals surface area (Å²) in [7, 11) is 0. The normalized spacial score (nSPS) is 23.6. The summed E-state index contributed by atoms with van der Waals surface area (Å²) in [6.45, 7) is 0.888. The molecular formula is C15H17NO. The molecule has 0 radical (unpaired) electrons. The fraction of sp³-hybridized carbons (Fsp3) is 0.333. The summed E-state index contributed by atoms with van der Waals surface area (Å²) in [5.41, 5.74) is 1.34. The van der Waals surface area contributed by atoms with E-state index in [4.69, 9.17) is 0 Å². The van der Waals surface area contributed by atoms with Gasteiger partial charge in [-0.1, -0.05) is 42.5 Å². The maximum Gasteiger partial charge on any atom is 0.0570 e. The maximum atomic E-state index is 9.25. The smallest absolute Gasteiger partial charge is 0.0570 e. The highest BCUT2D eigenvalue weighted by atomic mass is 16.3. The first kappa shape index (κ1) is 10.8. The molecule has 2 aromatic rings. The number of aliphatic hydroxyl groups is 1. The molecule has 88 valence electrons. The van der Waals surface area contributed by atoms with Crippen LogP contribution in [0.2, 0.25) is 0 Å². The predicted molar refractivity (Wildman–Crippen MR) is 69.8 cm³/mol. The van der Waals surface area contributed by atoms with Gasteiger partial charge in [0.2, 0.25) is 0 Å². The second kappa shape index (κ2) is 4.47. The highest BCUT2D eigenvalue weighted by molar-refractivity contribution is 5.85. The Morgan fingerprint density at radius 1 is 1.06 bits per heavy atom. The monoisotopic (exact) mass is 227 g/mol. The molecule has 0 bridgehead atoms. The van der Waals surface area contributed by atoms with Gasteiger partial charge in [0, 0.05) is 12.6 Å². The van der Waals surface area contributed by atoms with Gasteiger partial charge in [-0.3, -0.25) is 0 Å². The zero-order chi connectivity index (χ0) is 11.7. The van der Waals surface area contributed by atoms with Gasteiger partial charge >= 0.3 is 0 Å². The van der Waals surface area contributed by atoms with Crippen molar-refractivity contribution in [3.8, 4) is 0 Å². The van der Waals surface area contributed by atoms with Crippen LogP contribution in [0, 0.1) is 0 Å². The molecule has 0 unspecified atom stereocenters. The zero-order valence-electron chi connectivity index (χ0n) is 9.76. The third-order valence-corrected chi connectivity index (χ3v) is 3.57. The SMILES string of the molecule is OC1CC(NCc2cccc3ccccc23)C1. The van der Waals surface area contributed by atoms with E-state index in [1.54, 1.807) is 0 Å². The second-order valence-electron chi connectivity index (χ2n) is 4.84. The van der Waals surface area contributed by atoms with E-state index in [0.717, 1.165) is 19.4 Å². The molecule has 0 saturated heterocycles. The maximum absolute atomic E-state index is 9.25. The summed E-state index contributed by atoms with van der Waals surface area (Å²) in [5, 5.41) is 15.4. The predicted octanol–water partition coefficient (Wildman–Crippen LogP) is 2.45. The molecule has 1 aliphatic rings. The van der Waals surface area contributed by atoms with Crippen LogP contribution in [0.4, 0.5) is 0 Å². The Morgan fingerprint density at radius 2 is 1.82 bits per heavy atom. The van der Waals surface area contributed by atoms with Gasteiger partial charge in [0.25, 0.3) is 0 Å². The molecule has 0 amide bonds. The molecule has 0 aromatic heterocycles. The van der Waals surface area contributed by atoms with Gasteiger partial charge < -0.3 is 10.4 Å². The van der Waals surface area contributed by atoms with Crippen molar-refractivity contribution in [2.75, 3.05) is 0 Å². The lowest BCUT2D eigenvalue weighted by Crippen LogP contribution is -2.43. The molecule has 2 aromatic carbocycles. The van der Waals surface area contributed by atoms with E-state index >= 15 is 0 Å². The Labute approximate surface area is 101 Å². The second-order valence-corrected chi connectivity index (χ2v) is 4.84. The number of fused-ring (bicyclic) bond motifs is 1. The van der Waals surface area contributed by atoms with Crippen LogP contribution in [0.1, 0.15) is 18.4 Å². The van der Waals surface area contributed by atoms with Crippen molar-refractivity contribution in [3.05, 3.63) is 48.0 Å². The molecule has 2 N–H and O–H groups in total. The minimum absolute atomic E-state index is 0.0833. The van der Waals surface area contributed by atoms with E-state index in [1.807, 2.05) is 0 Å². The molecule has 17 heavy (non-hydrogen) atoms. The number of hydrogen-bond acceptors (Lipinski definition) is 2. The average Bonchev–Trinajstić information content (AvgIpc) is 2.33. The molecule has 0 heterocycles. The van der Waals surface area contributed by atoms with Crippen molar-refractivity contribution in [2.45, 2.75) is 31.5 Å². The van der Waals surface area contributed by atoms with Crippen LogP contribution in [0.15, 0.2) is 42.5 Å². The van der Waals surface area contributed by atoms with Gasteiger partial charge in [-0.2, -0.15) is 0 Å². The third-order valence-electron chi connectivity index (χ3n) is 3.57. The first-order valence-electron chi connectivity index (χ1n) is 6.21. The highest BCUT2D eigenvalue weighted by Gasteiger charge is 2.26. The number of aliphatic hydroxyl groups excluding tert-OH is 1. The van der Waals surface area contributed by atoms with Crippen LogP contribution in [0.3, 0.4) is 0 Å². The van der Waals surface area contributed by atoms with Crippen LogP contribution in [-0.4, -0.2) is 17.3 Å². The summed E-state index contributed by atoms with van der Waals surface area (Å²) in [6.07, 6.45) is 1.70. The Hall–Kier alpha value is -1.38. The molecule has 1 fully saturated rings. The summed E-state index contributed by atoms with van der Waals surface area (Å²) < 4.78 is 0. The van der Waals surface area contributed by atoms with Gasteiger partial charge in [0.05, 0.1) is 6.10 Å². The largest absolute Gasteiger partial charge is 0.393 e. The third kappa shape index (κ3) is 2.19. The lowest BCUT2D eigenvalue weighted by Gasteiger charge is -2.32. The van der Waals surface area contributed by atoms with Gasteiger partial charge in [-0.25, -0.2) is 0 Å².